The summed E-state index contributed by atoms with van der Waals surface area (Å²) < 4.78 is 4.08. The number of hydrogen-bond donors (Lipinski definition) is 0. The van der Waals surface area contributed by atoms with Crippen LogP contribution in [-0.4, -0.2) is 39.5 Å². The maximum absolute atomic E-state index is 5.33. The third kappa shape index (κ3) is 4.57. The van der Waals surface area contributed by atoms with Gasteiger partial charge < -0.3 is 9.13 Å². The lowest BCUT2D eigenvalue weighted by Crippen LogP contribution is -2.39. The van der Waals surface area contributed by atoms with Gasteiger partial charge in [0.05, 0.1) is 35.5 Å². The fourth-order valence-electron chi connectivity index (χ4n) is 11.2. The molecule has 9 heteroatoms. The van der Waals surface area contributed by atoms with Crippen LogP contribution >= 0.6 is 0 Å². The fraction of sp³-hybridized carbons (Fsp3) is 0.0909. The summed E-state index contributed by atoms with van der Waals surface area (Å²) >= 11 is 0. The second-order valence-electron chi connectivity index (χ2n) is 16.9. The molecule has 302 valence electrons. The number of imidazole rings is 1. The van der Waals surface area contributed by atoms with Gasteiger partial charge in [-0.15, -0.1) is 0 Å². The van der Waals surface area contributed by atoms with Crippen molar-refractivity contribution >= 4 is 0 Å². The highest BCUT2D eigenvalue weighted by atomic mass is 15.2. The van der Waals surface area contributed by atoms with Gasteiger partial charge in [0.25, 0.3) is 0 Å². The van der Waals surface area contributed by atoms with Gasteiger partial charge in [-0.05, 0) is 96.2 Å². The Morgan fingerprint density at radius 3 is 1.28 bits per heavy atom. The van der Waals surface area contributed by atoms with E-state index in [2.05, 4.69) is 115 Å². The van der Waals surface area contributed by atoms with Crippen LogP contribution in [-0.2, 0) is 23.4 Å². The normalized spacial score (nSPS) is 15.1. The van der Waals surface area contributed by atoms with E-state index in [0.29, 0.717) is 0 Å². The molecule has 64 heavy (non-hydrogen) atoms. The van der Waals surface area contributed by atoms with Gasteiger partial charge in [0.15, 0.2) is 5.54 Å². The fourth-order valence-corrected chi connectivity index (χ4v) is 11.2. The highest BCUT2D eigenvalue weighted by Crippen LogP contribution is 2.59. The maximum atomic E-state index is 5.33. The Bertz CT molecular complexity index is 3400. The Morgan fingerprint density at radius 2 is 0.828 bits per heavy atom. The Hall–Kier alpha value is -8.30. The van der Waals surface area contributed by atoms with E-state index in [9.17, 15) is 0 Å². The van der Waals surface area contributed by atoms with Crippen LogP contribution in [0.25, 0.3) is 33.4 Å². The van der Waals surface area contributed by atoms with Crippen molar-refractivity contribution in [1.29, 1.82) is 0 Å². The quantitative estimate of drug-likeness (QED) is 0.122. The minimum Gasteiger partial charge on any atom is -0.354 e. The van der Waals surface area contributed by atoms with Gasteiger partial charge in [0.2, 0.25) is 6.33 Å². The van der Waals surface area contributed by atoms with Crippen LogP contribution in [0.15, 0.2) is 189 Å². The van der Waals surface area contributed by atoms with Crippen molar-refractivity contribution in [1.82, 2.24) is 39.5 Å². The maximum Gasteiger partial charge on any atom is 0.205 e. The molecule has 8 aromatic heterocycles. The molecular weight excluding hydrogens is 787 g/mol. The molecule has 0 spiro atoms. The molecule has 10 aromatic rings. The molecule has 0 N–H and O–H groups in total. The predicted molar refractivity (Wildman–Crippen MR) is 242 cm³/mol. The summed E-state index contributed by atoms with van der Waals surface area (Å²) in [5.41, 5.74) is 14.7. The largest absolute Gasteiger partial charge is 0.354 e. The zero-order chi connectivity index (χ0) is 42.6. The Labute approximate surface area is 369 Å². The van der Waals surface area contributed by atoms with Gasteiger partial charge in [0.1, 0.15) is 22.2 Å². The molecule has 3 aliphatic carbocycles. The van der Waals surface area contributed by atoms with Crippen molar-refractivity contribution in [2.45, 2.75) is 23.3 Å². The van der Waals surface area contributed by atoms with E-state index in [4.69, 9.17) is 34.9 Å². The first-order valence-corrected chi connectivity index (χ1v) is 21.4. The third-order valence-corrected chi connectivity index (χ3v) is 13.6. The summed E-state index contributed by atoms with van der Waals surface area (Å²) in [6, 6.07) is 47.0. The van der Waals surface area contributed by atoms with Crippen LogP contribution in [0.2, 0.25) is 0 Å². The van der Waals surface area contributed by atoms with E-state index in [0.717, 1.165) is 101 Å². The van der Waals surface area contributed by atoms with Gasteiger partial charge in [0, 0.05) is 82.3 Å². The molecule has 0 amide bonds. The Kier molecular flexibility index (Phi) is 7.58. The molecule has 0 unspecified atom stereocenters. The number of nitrogens with zero attached hydrogens (tertiary/aromatic N) is 9. The third-order valence-electron chi connectivity index (χ3n) is 13.6. The number of aromatic nitrogens is 9. The van der Waals surface area contributed by atoms with E-state index in [-0.39, 0.29) is 0 Å². The topological polar surface area (TPSA) is 99.0 Å². The number of rotatable bonds is 6. The molecule has 0 fully saturated rings. The standard InChI is InChI=1S/C55H37N9/c1-35-21-28-56-46(31-35)54(49-42(17-7-24-59-49)43-18-8-25-60-50(43)54)38-13-3-11-36(32-38)53(47-40(15-5-22-57-47)41-16-6-23-58-48(41)53)37-12-4-14-39(33-37)55(64-30-29-63(2)34-64)51-44(19-9-26-61-51)45-20-10-27-62-52(45)55/h3-33H,1-2H3. The number of hydrogen-bond acceptors (Lipinski definition) is 7. The monoisotopic (exact) mass is 823 g/mol. The first-order chi connectivity index (χ1) is 31.5. The SMILES string of the molecule is Cc1ccnc(C2(c3cccc(C4(c5cccc(C6(n7[c-][n+](C)cc7)c7ncccc7-c7cccnc76)c5)c5ncccc5-c5cccnc54)c3)c3ncccc3-c3cccnc32)c1. The van der Waals surface area contributed by atoms with Gasteiger partial charge in [-0.3, -0.25) is 34.9 Å². The van der Waals surface area contributed by atoms with Crippen molar-refractivity contribution in [3.63, 3.8) is 0 Å². The smallest absolute Gasteiger partial charge is 0.205 e. The van der Waals surface area contributed by atoms with Gasteiger partial charge in [-0.1, -0.05) is 78.9 Å². The lowest BCUT2D eigenvalue weighted by molar-refractivity contribution is -0.675. The average Bonchev–Trinajstić information content (AvgIpc) is 4.09. The highest BCUT2D eigenvalue weighted by molar-refractivity contribution is 5.86. The van der Waals surface area contributed by atoms with Crippen LogP contribution in [0.1, 0.15) is 67.7 Å². The van der Waals surface area contributed by atoms with Crippen LogP contribution < -0.4 is 4.57 Å². The highest BCUT2D eigenvalue weighted by Gasteiger charge is 2.55. The Morgan fingerprint density at radius 1 is 0.422 bits per heavy atom. The molecule has 13 rings (SSSR count). The average molecular weight is 824 g/mol. The van der Waals surface area contributed by atoms with Crippen molar-refractivity contribution in [2.75, 3.05) is 0 Å². The van der Waals surface area contributed by atoms with Crippen molar-refractivity contribution in [3.8, 4) is 33.4 Å². The van der Waals surface area contributed by atoms with E-state index in [1.165, 1.54) is 0 Å². The first kappa shape index (κ1) is 36.4. The number of aryl methyl sites for hydroxylation is 2. The molecule has 2 aromatic carbocycles. The zero-order valence-electron chi connectivity index (χ0n) is 34.9. The minimum absolute atomic E-state index is 0.859. The molecule has 3 aliphatic rings. The van der Waals surface area contributed by atoms with Crippen LogP contribution in [0.4, 0.5) is 0 Å². The van der Waals surface area contributed by atoms with Crippen molar-refractivity contribution in [2.24, 2.45) is 7.05 Å². The summed E-state index contributed by atoms with van der Waals surface area (Å²) in [7, 11) is 1.99. The summed E-state index contributed by atoms with van der Waals surface area (Å²) in [6.07, 6.45) is 20.9. The lowest BCUT2D eigenvalue weighted by atomic mass is 9.67. The second kappa shape index (κ2) is 13.3. The van der Waals surface area contributed by atoms with Gasteiger partial charge in [-0.2, -0.15) is 0 Å². The molecule has 0 saturated carbocycles. The van der Waals surface area contributed by atoms with Gasteiger partial charge >= 0.3 is 0 Å². The summed E-state index contributed by atoms with van der Waals surface area (Å²) in [4.78, 5) is 36.5. The first-order valence-electron chi connectivity index (χ1n) is 21.4. The number of fused-ring (bicyclic) bond motifs is 9. The lowest BCUT2D eigenvalue weighted by Gasteiger charge is -2.36. The summed E-state index contributed by atoms with van der Waals surface area (Å²) in [5.74, 6) is 0. The molecular formula is C55H37N9. The molecule has 0 radical (unpaired) electrons. The molecule has 9 nitrogen and oxygen atoms in total. The van der Waals surface area contributed by atoms with E-state index < -0.39 is 16.4 Å². The number of benzene rings is 2. The molecule has 0 aliphatic heterocycles. The zero-order valence-corrected chi connectivity index (χ0v) is 34.9. The predicted octanol–water partition coefficient (Wildman–Crippen LogP) is 8.73. The molecule has 8 heterocycles. The van der Waals surface area contributed by atoms with Crippen molar-refractivity contribution in [3.05, 3.63) is 263 Å². The Balaban J connectivity index is 1.14. The van der Waals surface area contributed by atoms with E-state index >= 15 is 0 Å². The van der Waals surface area contributed by atoms with E-state index in [1.54, 1.807) is 0 Å². The number of pyridine rings is 7. The molecule has 0 atom stereocenters. The molecule has 0 saturated heterocycles. The van der Waals surface area contributed by atoms with Crippen LogP contribution in [0, 0.1) is 13.3 Å². The van der Waals surface area contributed by atoms with Crippen molar-refractivity contribution < 1.29 is 4.57 Å². The second-order valence-corrected chi connectivity index (χ2v) is 16.9. The van der Waals surface area contributed by atoms with Gasteiger partial charge in [-0.25, -0.2) is 0 Å². The summed E-state index contributed by atoms with van der Waals surface area (Å²) in [5, 5.41) is 0. The van der Waals surface area contributed by atoms with Crippen LogP contribution in [0.5, 0.6) is 0 Å². The van der Waals surface area contributed by atoms with Crippen LogP contribution in [0.3, 0.4) is 0 Å². The summed E-state index contributed by atoms with van der Waals surface area (Å²) in [6.45, 7) is 2.11. The molecule has 0 bridgehead atoms. The minimum atomic E-state index is -0.982. The van der Waals surface area contributed by atoms with E-state index in [1.807, 2.05) is 104 Å².